The quantitative estimate of drug-likeness (QED) is 0.600. The van der Waals surface area contributed by atoms with Crippen LogP contribution in [0.2, 0.25) is 0 Å². The number of esters is 1. The molecule has 0 unspecified atom stereocenters. The van der Waals surface area contributed by atoms with E-state index in [1.165, 1.54) is 19.2 Å². The third kappa shape index (κ3) is 3.12. The maximum Gasteiger partial charge on any atom is 0.339 e. The van der Waals surface area contributed by atoms with Gasteiger partial charge in [0.25, 0.3) is 0 Å². The first kappa shape index (κ1) is 13.8. The van der Waals surface area contributed by atoms with Crippen LogP contribution in [0, 0.1) is 5.82 Å². The molecule has 0 radical (unpaired) electrons. The van der Waals surface area contributed by atoms with Crippen LogP contribution in [0.25, 0.3) is 0 Å². The van der Waals surface area contributed by atoms with Gasteiger partial charge >= 0.3 is 5.97 Å². The Balaban J connectivity index is 3.12. The van der Waals surface area contributed by atoms with E-state index in [-0.39, 0.29) is 16.2 Å². The lowest BCUT2D eigenvalue weighted by Crippen LogP contribution is -2.06. The topological polar surface area (TPSA) is 35.5 Å². The van der Waals surface area contributed by atoms with Crippen molar-refractivity contribution in [2.24, 2.45) is 0 Å². The molecule has 17 heavy (non-hydrogen) atoms. The maximum atomic E-state index is 14.0. The van der Waals surface area contributed by atoms with Gasteiger partial charge in [0, 0.05) is 0 Å². The molecular formula is C12H15FO3S. The van der Waals surface area contributed by atoms with Gasteiger partial charge in [-0.05, 0) is 24.8 Å². The van der Waals surface area contributed by atoms with Crippen LogP contribution < -0.4 is 4.74 Å². The number of benzene rings is 1. The summed E-state index contributed by atoms with van der Waals surface area (Å²) in [6.45, 7) is 2.39. The summed E-state index contributed by atoms with van der Waals surface area (Å²) in [6.07, 6.45) is 2.50. The van der Waals surface area contributed by atoms with Crippen LogP contribution in [0.1, 0.15) is 23.7 Å². The molecule has 0 aliphatic heterocycles. The Morgan fingerprint density at radius 3 is 2.71 bits per heavy atom. The molecule has 0 bridgehead atoms. The summed E-state index contributed by atoms with van der Waals surface area (Å²) in [7, 11) is 1.27. The summed E-state index contributed by atoms with van der Waals surface area (Å²) in [5.74, 6) is -0.881. The Morgan fingerprint density at radius 1 is 1.47 bits per heavy atom. The molecule has 5 heteroatoms. The van der Waals surface area contributed by atoms with Crippen molar-refractivity contribution in [1.29, 1.82) is 0 Å². The van der Waals surface area contributed by atoms with Gasteiger partial charge in [-0.1, -0.05) is 6.92 Å². The SMILES string of the molecule is CCCOc1ccc(C(=O)OC)c(SC)c1F. The Labute approximate surface area is 104 Å². The molecule has 0 saturated carbocycles. The third-order valence-corrected chi connectivity index (χ3v) is 2.94. The number of hydrogen-bond donors (Lipinski definition) is 0. The minimum absolute atomic E-state index is 0.170. The third-order valence-electron chi connectivity index (χ3n) is 2.13. The van der Waals surface area contributed by atoms with Gasteiger partial charge in [0.05, 0.1) is 24.2 Å². The van der Waals surface area contributed by atoms with Gasteiger partial charge in [0.2, 0.25) is 0 Å². The zero-order chi connectivity index (χ0) is 12.8. The van der Waals surface area contributed by atoms with Gasteiger partial charge in [-0.15, -0.1) is 11.8 Å². The van der Waals surface area contributed by atoms with Gasteiger partial charge < -0.3 is 9.47 Å². The number of ether oxygens (including phenoxy) is 2. The van der Waals surface area contributed by atoms with E-state index in [1.807, 2.05) is 6.92 Å². The normalized spacial score (nSPS) is 10.1. The van der Waals surface area contributed by atoms with Crippen molar-refractivity contribution in [3.63, 3.8) is 0 Å². The van der Waals surface area contributed by atoms with Crippen LogP contribution in [-0.4, -0.2) is 25.9 Å². The highest BCUT2D eigenvalue weighted by Gasteiger charge is 2.18. The molecule has 1 rings (SSSR count). The van der Waals surface area contributed by atoms with E-state index in [2.05, 4.69) is 4.74 Å². The zero-order valence-corrected chi connectivity index (χ0v) is 10.9. The Hall–Kier alpha value is -1.23. The zero-order valence-electron chi connectivity index (χ0n) is 10.1. The van der Waals surface area contributed by atoms with Crippen LogP contribution in [-0.2, 0) is 4.74 Å². The van der Waals surface area contributed by atoms with E-state index in [4.69, 9.17) is 4.74 Å². The summed E-state index contributed by atoms with van der Waals surface area (Å²) >= 11 is 1.16. The van der Waals surface area contributed by atoms with Crippen LogP contribution in [0.5, 0.6) is 5.75 Å². The summed E-state index contributed by atoms with van der Waals surface area (Å²) in [5.41, 5.74) is 0.223. The first-order chi connectivity index (χ1) is 8.15. The van der Waals surface area contributed by atoms with Crippen molar-refractivity contribution in [3.05, 3.63) is 23.5 Å². The molecule has 1 aromatic carbocycles. The minimum Gasteiger partial charge on any atom is -0.490 e. The molecule has 0 heterocycles. The Bertz CT molecular complexity index is 407. The fourth-order valence-electron chi connectivity index (χ4n) is 1.33. The molecule has 0 amide bonds. The Kier molecular flexibility index (Phi) is 5.28. The van der Waals surface area contributed by atoms with Gasteiger partial charge in [-0.2, -0.15) is 0 Å². The largest absolute Gasteiger partial charge is 0.490 e. The molecule has 0 aromatic heterocycles. The lowest BCUT2D eigenvalue weighted by atomic mass is 10.2. The summed E-state index contributed by atoms with van der Waals surface area (Å²) in [4.78, 5) is 11.7. The highest BCUT2D eigenvalue weighted by atomic mass is 32.2. The number of methoxy groups -OCH3 is 1. The van der Waals surface area contributed by atoms with E-state index >= 15 is 0 Å². The van der Waals surface area contributed by atoms with Crippen molar-refractivity contribution >= 4 is 17.7 Å². The number of carbonyl (C=O) groups excluding carboxylic acids is 1. The second-order valence-corrected chi connectivity index (χ2v) is 4.12. The number of halogens is 1. The first-order valence-electron chi connectivity index (χ1n) is 5.23. The van der Waals surface area contributed by atoms with Crippen molar-refractivity contribution in [2.75, 3.05) is 20.0 Å². The molecule has 0 aliphatic rings. The second-order valence-electron chi connectivity index (χ2n) is 3.30. The molecule has 0 saturated heterocycles. The molecule has 0 fully saturated rings. The summed E-state index contributed by atoms with van der Waals surface area (Å²) in [5, 5.41) is 0. The fraction of sp³-hybridized carbons (Fsp3) is 0.417. The van der Waals surface area contributed by atoms with E-state index in [1.54, 1.807) is 6.26 Å². The number of carbonyl (C=O) groups is 1. The van der Waals surface area contributed by atoms with E-state index < -0.39 is 11.8 Å². The van der Waals surface area contributed by atoms with E-state index in [0.717, 1.165) is 18.2 Å². The number of hydrogen-bond acceptors (Lipinski definition) is 4. The van der Waals surface area contributed by atoms with E-state index in [0.29, 0.717) is 6.61 Å². The van der Waals surface area contributed by atoms with Gasteiger partial charge in [0.1, 0.15) is 0 Å². The fourth-order valence-corrected chi connectivity index (χ4v) is 1.98. The number of thioether (sulfide) groups is 1. The first-order valence-corrected chi connectivity index (χ1v) is 6.45. The highest BCUT2D eigenvalue weighted by Crippen LogP contribution is 2.31. The monoisotopic (exact) mass is 258 g/mol. The maximum absolute atomic E-state index is 14.0. The minimum atomic E-state index is -0.546. The standard InChI is InChI=1S/C12H15FO3S/c1-4-7-16-9-6-5-8(12(14)15-2)11(17-3)10(9)13/h5-6H,4,7H2,1-3H3. The van der Waals surface area contributed by atoms with Crippen LogP contribution in [0.3, 0.4) is 0 Å². The Morgan fingerprint density at radius 2 is 2.18 bits per heavy atom. The lowest BCUT2D eigenvalue weighted by molar-refractivity contribution is 0.0595. The second kappa shape index (κ2) is 6.49. The van der Waals surface area contributed by atoms with E-state index in [9.17, 15) is 9.18 Å². The van der Waals surface area contributed by atoms with Gasteiger partial charge in [-0.25, -0.2) is 9.18 Å². The predicted octanol–water partition coefficient (Wildman–Crippen LogP) is 3.12. The summed E-state index contributed by atoms with van der Waals surface area (Å²) in [6, 6.07) is 2.97. The van der Waals surface area contributed by atoms with Crippen LogP contribution in [0.4, 0.5) is 4.39 Å². The molecule has 3 nitrogen and oxygen atoms in total. The van der Waals surface area contributed by atoms with Crippen LogP contribution in [0.15, 0.2) is 17.0 Å². The molecule has 0 spiro atoms. The van der Waals surface area contributed by atoms with Crippen molar-refractivity contribution < 1.29 is 18.7 Å². The van der Waals surface area contributed by atoms with Gasteiger partial charge in [-0.3, -0.25) is 0 Å². The van der Waals surface area contributed by atoms with Crippen LogP contribution >= 0.6 is 11.8 Å². The molecule has 0 atom stereocenters. The summed E-state index contributed by atoms with van der Waals surface area (Å²) < 4.78 is 23.9. The average molecular weight is 258 g/mol. The molecular weight excluding hydrogens is 243 g/mol. The number of rotatable bonds is 5. The molecule has 0 aliphatic carbocycles. The lowest BCUT2D eigenvalue weighted by Gasteiger charge is -2.11. The van der Waals surface area contributed by atoms with Crippen molar-refractivity contribution in [1.82, 2.24) is 0 Å². The average Bonchev–Trinajstić information content (AvgIpc) is 2.36. The van der Waals surface area contributed by atoms with Gasteiger partial charge in [0.15, 0.2) is 11.6 Å². The molecule has 94 valence electrons. The predicted molar refractivity (Wildman–Crippen MR) is 65.3 cm³/mol. The van der Waals surface area contributed by atoms with Crippen molar-refractivity contribution in [2.45, 2.75) is 18.2 Å². The highest BCUT2D eigenvalue weighted by molar-refractivity contribution is 7.98. The molecule has 0 N–H and O–H groups in total. The van der Waals surface area contributed by atoms with Crippen molar-refractivity contribution in [3.8, 4) is 5.75 Å². The smallest absolute Gasteiger partial charge is 0.339 e. The molecule has 1 aromatic rings.